The minimum absolute atomic E-state index is 0.182. The fourth-order valence-corrected chi connectivity index (χ4v) is 4.24. The van der Waals surface area contributed by atoms with Crippen molar-refractivity contribution in [2.24, 2.45) is 5.41 Å². The summed E-state index contributed by atoms with van der Waals surface area (Å²) in [5.41, 5.74) is 2.97. The number of amides is 1. The summed E-state index contributed by atoms with van der Waals surface area (Å²) in [5.74, 6) is 0.572. The molecular formula is C17H19N3O2S. The summed E-state index contributed by atoms with van der Waals surface area (Å²) in [6, 6.07) is 9.94. The van der Waals surface area contributed by atoms with Gasteiger partial charge in [0, 0.05) is 12.0 Å². The summed E-state index contributed by atoms with van der Waals surface area (Å²) in [4.78, 5) is 19.8. The topological polar surface area (TPSA) is 54.5 Å². The molecule has 2 aromatic rings. The Morgan fingerprint density at radius 1 is 1.30 bits per heavy atom. The van der Waals surface area contributed by atoms with Crippen LogP contribution in [-0.2, 0) is 4.74 Å². The molecule has 1 amide bonds. The zero-order valence-electron chi connectivity index (χ0n) is 12.8. The van der Waals surface area contributed by atoms with E-state index in [0.717, 1.165) is 42.9 Å². The first kappa shape index (κ1) is 14.7. The predicted octanol–water partition coefficient (Wildman–Crippen LogP) is 3.45. The number of hydrogen-bond acceptors (Lipinski definition) is 5. The molecule has 4 rings (SSSR count). The molecule has 23 heavy (non-hydrogen) atoms. The Morgan fingerprint density at radius 2 is 2.09 bits per heavy atom. The minimum atomic E-state index is -0.409. The summed E-state index contributed by atoms with van der Waals surface area (Å²) in [7, 11) is 0. The molecule has 1 aromatic carbocycles. The van der Waals surface area contributed by atoms with E-state index in [-0.39, 0.29) is 5.41 Å². The molecule has 3 heterocycles. The number of aromatic nitrogens is 1. The number of rotatable bonds is 4. The largest absolute Gasteiger partial charge is 0.449 e. The highest BCUT2D eigenvalue weighted by atomic mass is 32.1. The lowest BCUT2D eigenvalue weighted by Gasteiger charge is -2.24. The summed E-state index contributed by atoms with van der Waals surface area (Å²) in [6.07, 6.45) is 1.85. The molecule has 0 radical (unpaired) electrons. The molecule has 0 spiro atoms. The van der Waals surface area contributed by atoms with Crippen molar-refractivity contribution in [2.45, 2.75) is 12.8 Å². The van der Waals surface area contributed by atoms with E-state index in [9.17, 15) is 4.79 Å². The van der Waals surface area contributed by atoms with Crippen LogP contribution in [0.15, 0.2) is 35.8 Å². The van der Waals surface area contributed by atoms with Crippen LogP contribution in [0.5, 0.6) is 0 Å². The molecule has 5 nitrogen and oxygen atoms in total. The van der Waals surface area contributed by atoms with Crippen molar-refractivity contribution in [3.63, 3.8) is 0 Å². The summed E-state index contributed by atoms with van der Waals surface area (Å²) in [6.45, 7) is 3.83. The molecule has 0 atom stereocenters. The van der Waals surface area contributed by atoms with E-state index in [1.807, 2.05) is 30.3 Å². The van der Waals surface area contributed by atoms with Gasteiger partial charge in [0.25, 0.3) is 0 Å². The molecule has 0 unspecified atom stereocenters. The lowest BCUT2D eigenvalue weighted by molar-refractivity contribution is 0.104. The van der Waals surface area contributed by atoms with Gasteiger partial charge < -0.3 is 9.64 Å². The van der Waals surface area contributed by atoms with Crippen molar-refractivity contribution in [1.29, 1.82) is 0 Å². The van der Waals surface area contributed by atoms with E-state index in [1.165, 1.54) is 11.3 Å². The van der Waals surface area contributed by atoms with Crippen LogP contribution in [0.2, 0.25) is 0 Å². The Hall–Kier alpha value is -1.92. The van der Waals surface area contributed by atoms with Gasteiger partial charge in [-0.05, 0) is 31.5 Å². The molecule has 2 aliphatic rings. The van der Waals surface area contributed by atoms with E-state index < -0.39 is 6.09 Å². The van der Waals surface area contributed by atoms with E-state index >= 15 is 0 Å². The smallest absolute Gasteiger partial charge is 0.412 e. The third-order valence-electron chi connectivity index (χ3n) is 4.81. The van der Waals surface area contributed by atoms with Crippen molar-refractivity contribution in [2.75, 3.05) is 31.6 Å². The fourth-order valence-electron chi connectivity index (χ4n) is 3.49. The van der Waals surface area contributed by atoms with Gasteiger partial charge in [0.05, 0.1) is 10.4 Å². The van der Waals surface area contributed by atoms with Gasteiger partial charge >= 0.3 is 6.09 Å². The van der Waals surface area contributed by atoms with Crippen LogP contribution in [-0.4, -0.2) is 42.2 Å². The number of hydrogen-bond donors (Lipinski definition) is 1. The SMILES string of the molecule is O=C(Nc1ncsc1-c1ccccc1)OCC12CCN(CC1)C2. The molecular weight excluding hydrogens is 310 g/mol. The zero-order valence-corrected chi connectivity index (χ0v) is 13.6. The van der Waals surface area contributed by atoms with Crippen LogP contribution in [0.25, 0.3) is 10.4 Å². The van der Waals surface area contributed by atoms with Crippen molar-refractivity contribution in [3.05, 3.63) is 35.8 Å². The predicted molar refractivity (Wildman–Crippen MR) is 90.6 cm³/mol. The number of piperidine rings is 1. The van der Waals surface area contributed by atoms with Crippen LogP contribution in [0, 0.1) is 5.41 Å². The molecule has 2 bridgehead atoms. The van der Waals surface area contributed by atoms with E-state index in [4.69, 9.17) is 4.74 Å². The van der Waals surface area contributed by atoms with Gasteiger partial charge in [0.15, 0.2) is 5.82 Å². The number of carbonyl (C=O) groups excluding carboxylic acids is 1. The number of ether oxygens (including phenoxy) is 1. The summed E-state index contributed by atoms with van der Waals surface area (Å²) in [5, 5.41) is 2.79. The van der Waals surface area contributed by atoms with Crippen molar-refractivity contribution in [1.82, 2.24) is 9.88 Å². The number of nitrogens with zero attached hydrogens (tertiary/aromatic N) is 2. The van der Waals surface area contributed by atoms with Crippen LogP contribution in [0.1, 0.15) is 12.8 Å². The third kappa shape index (κ3) is 2.96. The van der Waals surface area contributed by atoms with Gasteiger partial charge in [-0.25, -0.2) is 9.78 Å². The average Bonchev–Trinajstić information content (AvgIpc) is 3.30. The molecule has 0 aliphatic carbocycles. The zero-order chi connectivity index (χ0) is 15.7. The second-order valence-electron chi connectivity index (χ2n) is 6.37. The number of fused-ring (bicyclic) bond motifs is 2. The number of thiazole rings is 1. The fraction of sp³-hybridized carbons (Fsp3) is 0.412. The monoisotopic (exact) mass is 329 g/mol. The normalized spacial score (nSPS) is 25.5. The first-order chi connectivity index (χ1) is 11.2. The molecule has 0 saturated carbocycles. The third-order valence-corrected chi connectivity index (χ3v) is 5.68. The molecule has 2 fully saturated rings. The maximum Gasteiger partial charge on any atom is 0.412 e. The second-order valence-corrected chi connectivity index (χ2v) is 7.23. The molecule has 1 N–H and O–H groups in total. The van der Waals surface area contributed by atoms with Crippen LogP contribution in [0.4, 0.5) is 10.6 Å². The Bertz CT molecular complexity index is 693. The van der Waals surface area contributed by atoms with Gasteiger partial charge in [0.2, 0.25) is 0 Å². The first-order valence-electron chi connectivity index (χ1n) is 7.89. The van der Waals surface area contributed by atoms with Gasteiger partial charge in [-0.15, -0.1) is 11.3 Å². The van der Waals surface area contributed by atoms with Gasteiger partial charge in [-0.2, -0.15) is 0 Å². The Balaban J connectivity index is 1.39. The number of carbonyl (C=O) groups is 1. The average molecular weight is 329 g/mol. The van der Waals surface area contributed by atoms with E-state index in [1.54, 1.807) is 5.51 Å². The van der Waals surface area contributed by atoms with Gasteiger partial charge in [0.1, 0.15) is 6.61 Å². The van der Waals surface area contributed by atoms with Crippen molar-refractivity contribution >= 4 is 23.2 Å². The van der Waals surface area contributed by atoms with Crippen LogP contribution < -0.4 is 5.32 Å². The van der Waals surface area contributed by atoms with E-state index in [2.05, 4.69) is 15.2 Å². The second kappa shape index (κ2) is 5.94. The lowest BCUT2D eigenvalue weighted by atomic mass is 9.86. The Morgan fingerprint density at radius 3 is 2.78 bits per heavy atom. The number of nitrogens with one attached hydrogen (secondary N) is 1. The highest BCUT2D eigenvalue weighted by Crippen LogP contribution is 2.40. The van der Waals surface area contributed by atoms with Crippen LogP contribution in [0.3, 0.4) is 0 Å². The summed E-state index contributed by atoms with van der Waals surface area (Å²) < 4.78 is 5.50. The summed E-state index contributed by atoms with van der Waals surface area (Å²) >= 11 is 1.51. The van der Waals surface area contributed by atoms with E-state index in [0.29, 0.717) is 12.4 Å². The Kier molecular flexibility index (Phi) is 3.79. The molecule has 2 aliphatic heterocycles. The van der Waals surface area contributed by atoms with Crippen molar-refractivity contribution < 1.29 is 9.53 Å². The lowest BCUT2D eigenvalue weighted by Crippen LogP contribution is -2.28. The van der Waals surface area contributed by atoms with Gasteiger partial charge in [-0.1, -0.05) is 30.3 Å². The number of anilines is 1. The molecule has 1 aromatic heterocycles. The quantitative estimate of drug-likeness (QED) is 0.933. The van der Waals surface area contributed by atoms with Crippen LogP contribution >= 0.6 is 11.3 Å². The molecule has 6 heteroatoms. The maximum atomic E-state index is 12.1. The first-order valence-corrected chi connectivity index (χ1v) is 8.77. The standard InChI is InChI=1S/C17H19N3O2S/c21-16(22-11-17-6-8-20(10-17)9-7-17)19-15-14(23-12-18-15)13-4-2-1-3-5-13/h1-5,12H,6-11H2,(H,19,21). The van der Waals surface area contributed by atoms with Gasteiger partial charge in [-0.3, -0.25) is 5.32 Å². The molecule has 120 valence electrons. The number of benzene rings is 1. The molecule has 2 saturated heterocycles. The highest BCUT2D eigenvalue weighted by Gasteiger charge is 2.44. The Labute approximate surface area is 139 Å². The van der Waals surface area contributed by atoms with Crippen molar-refractivity contribution in [3.8, 4) is 10.4 Å². The maximum absolute atomic E-state index is 12.1. The highest BCUT2D eigenvalue weighted by molar-refractivity contribution is 7.13. The minimum Gasteiger partial charge on any atom is -0.449 e.